The van der Waals surface area contributed by atoms with Gasteiger partial charge < -0.3 is 20.3 Å². The molecule has 0 fully saturated rings. The van der Waals surface area contributed by atoms with Gasteiger partial charge in [0.2, 0.25) is 5.91 Å². The number of aliphatic hydroxyl groups excluding tert-OH is 2. The molecule has 0 aliphatic rings. The van der Waals surface area contributed by atoms with Gasteiger partial charge in [0.25, 0.3) is 0 Å². The lowest BCUT2D eigenvalue weighted by molar-refractivity contribution is -0.151. The maximum absolute atomic E-state index is 13.3. The van der Waals surface area contributed by atoms with Gasteiger partial charge in [0.15, 0.2) is 0 Å². The molecule has 3 N–H and O–H groups in total. The van der Waals surface area contributed by atoms with E-state index in [2.05, 4.69) is 62.5 Å². The fraction of sp³-hybridized carbons (Fsp3) is 0.800. The van der Waals surface area contributed by atoms with E-state index in [1.807, 2.05) is 24.3 Å². The van der Waals surface area contributed by atoms with Gasteiger partial charge in [-0.1, -0.05) is 287 Å². The van der Waals surface area contributed by atoms with Gasteiger partial charge in [-0.2, -0.15) is 0 Å². The number of carbonyl (C=O) groups is 2. The lowest BCUT2D eigenvalue weighted by atomic mass is 10.0. The fourth-order valence-electron chi connectivity index (χ4n) is 8.64. The van der Waals surface area contributed by atoms with E-state index in [-0.39, 0.29) is 24.9 Å². The zero-order chi connectivity index (χ0) is 48.1. The first-order chi connectivity index (χ1) is 32.5. The summed E-state index contributed by atoms with van der Waals surface area (Å²) in [7, 11) is 0. The maximum Gasteiger partial charge on any atom is 0.306 e. The summed E-state index contributed by atoms with van der Waals surface area (Å²) in [6.45, 7) is 6.42. The van der Waals surface area contributed by atoms with Crippen LogP contribution in [-0.4, -0.2) is 46.9 Å². The van der Waals surface area contributed by atoms with E-state index in [1.54, 1.807) is 0 Å². The van der Waals surface area contributed by atoms with E-state index in [0.29, 0.717) is 19.3 Å². The molecule has 66 heavy (non-hydrogen) atoms. The number of allylic oxidation sites excluding steroid dienone is 10. The standard InChI is InChI=1S/C60H109NO5/c1-4-7-10-13-16-19-22-25-27-29-30-32-35-38-41-44-47-50-53-60(65)66-56(51-48-45-42-39-36-34-31-28-26-23-20-17-14-11-8-5-2)54-59(64)61-57(55-62)58(63)52-49-46-43-40-37-33-24-21-18-15-12-9-6-3/h10,13,16,19,22,25,27,29-30,32,56-58,62-63H,4-9,11-12,14-15,17-18,20-21,23-24,26,28,31,33-55H2,1-3H3,(H,61,64)/b13-10+,19-16+,25-22+,29-27+,32-30+. The van der Waals surface area contributed by atoms with Crippen molar-refractivity contribution in [2.24, 2.45) is 0 Å². The number of esters is 1. The number of unbranched alkanes of at least 4 members (excludes halogenated alkanes) is 33. The molecule has 6 heteroatoms. The molecule has 0 aromatic rings. The fourth-order valence-corrected chi connectivity index (χ4v) is 8.64. The Bertz CT molecular complexity index is 1170. The molecule has 6 nitrogen and oxygen atoms in total. The molecular weight excluding hydrogens is 815 g/mol. The molecular formula is C60H109NO5. The number of rotatable bonds is 51. The smallest absolute Gasteiger partial charge is 0.306 e. The van der Waals surface area contributed by atoms with E-state index in [9.17, 15) is 19.8 Å². The summed E-state index contributed by atoms with van der Waals surface area (Å²) in [5, 5.41) is 23.9. The van der Waals surface area contributed by atoms with Crippen LogP contribution in [-0.2, 0) is 14.3 Å². The summed E-state index contributed by atoms with van der Waals surface area (Å²) in [5.41, 5.74) is 0. The van der Waals surface area contributed by atoms with Gasteiger partial charge in [-0.15, -0.1) is 0 Å². The normalized spacial score (nSPS) is 13.6. The Kier molecular flexibility index (Phi) is 51.5. The first-order valence-corrected chi connectivity index (χ1v) is 28.6. The Morgan fingerprint density at radius 2 is 0.803 bits per heavy atom. The lowest BCUT2D eigenvalue weighted by Gasteiger charge is -2.24. The molecule has 0 saturated heterocycles. The van der Waals surface area contributed by atoms with Crippen LogP contribution in [0.2, 0.25) is 0 Å². The Labute approximate surface area is 409 Å². The van der Waals surface area contributed by atoms with Crippen molar-refractivity contribution in [1.82, 2.24) is 5.32 Å². The molecule has 0 rings (SSSR count). The van der Waals surface area contributed by atoms with E-state index >= 15 is 0 Å². The first-order valence-electron chi connectivity index (χ1n) is 28.6. The molecule has 3 unspecified atom stereocenters. The van der Waals surface area contributed by atoms with Crippen LogP contribution in [0.3, 0.4) is 0 Å². The molecule has 0 aromatic carbocycles. The van der Waals surface area contributed by atoms with Gasteiger partial charge in [-0.25, -0.2) is 0 Å². The second-order valence-electron chi connectivity index (χ2n) is 19.5. The van der Waals surface area contributed by atoms with Crippen LogP contribution in [0.4, 0.5) is 0 Å². The monoisotopic (exact) mass is 924 g/mol. The van der Waals surface area contributed by atoms with E-state index in [4.69, 9.17) is 4.74 Å². The number of hydrogen-bond acceptors (Lipinski definition) is 5. The number of aliphatic hydroxyl groups is 2. The van der Waals surface area contributed by atoms with Crippen LogP contribution < -0.4 is 5.32 Å². The van der Waals surface area contributed by atoms with Crippen molar-refractivity contribution in [1.29, 1.82) is 0 Å². The summed E-state index contributed by atoms with van der Waals surface area (Å²) in [6.07, 6.45) is 67.0. The quantitative estimate of drug-likeness (QED) is 0.0321. The molecule has 0 saturated carbocycles. The van der Waals surface area contributed by atoms with Gasteiger partial charge in [-0.3, -0.25) is 9.59 Å². The van der Waals surface area contributed by atoms with Crippen LogP contribution in [0.1, 0.15) is 284 Å². The number of nitrogens with one attached hydrogen (secondary N) is 1. The average molecular weight is 925 g/mol. The van der Waals surface area contributed by atoms with E-state index in [0.717, 1.165) is 77.0 Å². The molecule has 0 spiro atoms. The Hall–Kier alpha value is -2.44. The van der Waals surface area contributed by atoms with Crippen molar-refractivity contribution in [2.45, 2.75) is 302 Å². The van der Waals surface area contributed by atoms with Crippen LogP contribution in [0.5, 0.6) is 0 Å². The zero-order valence-electron chi connectivity index (χ0n) is 43.8. The van der Waals surface area contributed by atoms with Gasteiger partial charge in [0.1, 0.15) is 6.10 Å². The number of hydrogen-bond donors (Lipinski definition) is 3. The summed E-state index contributed by atoms with van der Waals surface area (Å²) in [6, 6.07) is -0.707. The van der Waals surface area contributed by atoms with E-state index in [1.165, 1.54) is 161 Å². The maximum atomic E-state index is 13.3. The molecule has 0 aliphatic heterocycles. The van der Waals surface area contributed by atoms with Crippen LogP contribution in [0.25, 0.3) is 0 Å². The van der Waals surface area contributed by atoms with E-state index < -0.39 is 18.2 Å². The highest BCUT2D eigenvalue weighted by Gasteiger charge is 2.24. The highest BCUT2D eigenvalue weighted by Crippen LogP contribution is 2.19. The van der Waals surface area contributed by atoms with Crippen LogP contribution >= 0.6 is 0 Å². The molecule has 0 bridgehead atoms. The van der Waals surface area contributed by atoms with Crippen molar-refractivity contribution >= 4 is 11.9 Å². The third-order valence-corrected chi connectivity index (χ3v) is 13.0. The molecule has 3 atom stereocenters. The lowest BCUT2D eigenvalue weighted by Crippen LogP contribution is -2.46. The summed E-state index contributed by atoms with van der Waals surface area (Å²) in [4.78, 5) is 26.3. The Balaban J connectivity index is 4.61. The molecule has 384 valence electrons. The highest BCUT2D eigenvalue weighted by molar-refractivity contribution is 5.77. The second kappa shape index (κ2) is 53.5. The minimum atomic E-state index is -0.793. The van der Waals surface area contributed by atoms with Crippen molar-refractivity contribution < 1.29 is 24.5 Å². The zero-order valence-corrected chi connectivity index (χ0v) is 43.8. The predicted molar refractivity (Wildman–Crippen MR) is 287 cm³/mol. The SMILES string of the molecule is CCC/C=C/C=C/C=C/C=C/C=C/CCCCCCCC(=O)OC(CCCCCCCCCCCCCCCCCC)CC(=O)NC(CO)C(O)CCCCCCCCCCCCCCC. The first kappa shape index (κ1) is 63.6. The minimum absolute atomic E-state index is 0.0687. The van der Waals surface area contributed by atoms with Crippen molar-refractivity contribution in [3.05, 3.63) is 60.8 Å². The third kappa shape index (κ3) is 48.0. The summed E-state index contributed by atoms with van der Waals surface area (Å²) >= 11 is 0. The Morgan fingerprint density at radius 1 is 0.439 bits per heavy atom. The minimum Gasteiger partial charge on any atom is -0.462 e. The second-order valence-corrected chi connectivity index (χ2v) is 19.5. The van der Waals surface area contributed by atoms with Gasteiger partial charge >= 0.3 is 5.97 Å². The van der Waals surface area contributed by atoms with Crippen LogP contribution in [0.15, 0.2) is 60.8 Å². The highest BCUT2D eigenvalue weighted by atomic mass is 16.5. The van der Waals surface area contributed by atoms with Crippen LogP contribution in [0, 0.1) is 0 Å². The number of ether oxygens (including phenoxy) is 1. The summed E-state index contributed by atoms with van der Waals surface area (Å²) < 4.78 is 5.96. The molecule has 0 aromatic heterocycles. The average Bonchev–Trinajstić information content (AvgIpc) is 3.31. The van der Waals surface area contributed by atoms with Crippen molar-refractivity contribution in [2.75, 3.05) is 6.61 Å². The van der Waals surface area contributed by atoms with Gasteiger partial charge in [0.05, 0.1) is 25.2 Å². The summed E-state index contributed by atoms with van der Waals surface area (Å²) in [5.74, 6) is -0.491. The van der Waals surface area contributed by atoms with Crippen molar-refractivity contribution in [3.8, 4) is 0 Å². The topological polar surface area (TPSA) is 95.9 Å². The van der Waals surface area contributed by atoms with Gasteiger partial charge in [-0.05, 0) is 44.9 Å². The predicted octanol–water partition coefficient (Wildman–Crippen LogP) is 17.6. The number of carbonyl (C=O) groups excluding carboxylic acids is 2. The molecule has 0 heterocycles. The largest absolute Gasteiger partial charge is 0.462 e. The molecule has 0 aliphatic carbocycles. The third-order valence-electron chi connectivity index (χ3n) is 13.0. The van der Waals surface area contributed by atoms with Gasteiger partial charge in [0, 0.05) is 6.42 Å². The molecule has 1 amide bonds. The number of amides is 1. The van der Waals surface area contributed by atoms with Crippen molar-refractivity contribution in [3.63, 3.8) is 0 Å². The molecule has 0 radical (unpaired) electrons. The Morgan fingerprint density at radius 3 is 1.23 bits per heavy atom.